The molecular formula is C25H21N5O6. The van der Waals surface area contributed by atoms with Crippen molar-refractivity contribution in [2.75, 3.05) is 12.4 Å². The van der Waals surface area contributed by atoms with E-state index in [2.05, 4.69) is 15.8 Å². The Morgan fingerprint density at radius 2 is 1.86 bits per heavy atom. The molecule has 0 unspecified atom stereocenters. The van der Waals surface area contributed by atoms with Gasteiger partial charge in [-0.15, -0.1) is 0 Å². The van der Waals surface area contributed by atoms with Crippen LogP contribution in [0.25, 0.3) is 0 Å². The van der Waals surface area contributed by atoms with Crippen LogP contribution in [0.2, 0.25) is 0 Å². The van der Waals surface area contributed by atoms with Crippen LogP contribution in [0.1, 0.15) is 22.3 Å². The van der Waals surface area contributed by atoms with Crippen LogP contribution in [-0.2, 0) is 16.2 Å². The summed E-state index contributed by atoms with van der Waals surface area (Å²) in [5.41, 5.74) is 4.69. The van der Waals surface area contributed by atoms with Crippen LogP contribution in [0.4, 0.5) is 11.4 Å². The molecule has 0 radical (unpaired) electrons. The summed E-state index contributed by atoms with van der Waals surface area (Å²) < 4.78 is 11.1. The fourth-order valence-electron chi connectivity index (χ4n) is 3.11. The van der Waals surface area contributed by atoms with Gasteiger partial charge >= 0.3 is 11.8 Å². The Morgan fingerprint density at radius 1 is 1.11 bits per heavy atom. The summed E-state index contributed by atoms with van der Waals surface area (Å²) in [4.78, 5) is 34.5. The zero-order valence-electron chi connectivity index (χ0n) is 19.3. The number of hydrazone groups is 1. The number of nitro benzene ring substituents is 1. The van der Waals surface area contributed by atoms with Gasteiger partial charge in [0.15, 0.2) is 0 Å². The highest BCUT2D eigenvalue weighted by Gasteiger charge is 2.14. The lowest BCUT2D eigenvalue weighted by atomic mass is 10.1. The molecule has 182 valence electrons. The van der Waals surface area contributed by atoms with E-state index in [-0.39, 0.29) is 12.3 Å². The van der Waals surface area contributed by atoms with Crippen molar-refractivity contribution in [2.24, 2.45) is 5.10 Å². The number of carbonyl (C=O) groups excluding carboxylic acids is 2. The number of aryl methyl sites for hydroxylation is 1. The Bertz CT molecular complexity index is 1360. The number of anilines is 1. The smallest absolute Gasteiger partial charge is 0.329 e. The Kier molecular flexibility index (Phi) is 8.29. The number of nitriles is 1. The molecule has 0 bridgehead atoms. The summed E-state index contributed by atoms with van der Waals surface area (Å²) in [5.74, 6) is -0.878. The average Bonchev–Trinajstić information content (AvgIpc) is 2.87. The second-order valence-corrected chi connectivity index (χ2v) is 7.41. The van der Waals surface area contributed by atoms with E-state index in [1.807, 2.05) is 6.07 Å². The number of hydrogen-bond donors (Lipinski definition) is 2. The van der Waals surface area contributed by atoms with Gasteiger partial charge in [0, 0.05) is 22.9 Å². The molecule has 0 saturated carbocycles. The minimum absolute atomic E-state index is 0.00534. The first kappa shape index (κ1) is 25.4. The molecule has 11 nitrogen and oxygen atoms in total. The number of amides is 2. The summed E-state index contributed by atoms with van der Waals surface area (Å²) in [6, 6.07) is 17.6. The third-order valence-electron chi connectivity index (χ3n) is 4.92. The van der Waals surface area contributed by atoms with Crippen LogP contribution in [0, 0.1) is 28.4 Å². The fourth-order valence-corrected chi connectivity index (χ4v) is 3.11. The first-order valence-corrected chi connectivity index (χ1v) is 10.5. The first-order valence-electron chi connectivity index (χ1n) is 10.5. The number of ether oxygens (including phenoxy) is 2. The second kappa shape index (κ2) is 11.8. The number of benzene rings is 3. The molecule has 0 fully saturated rings. The van der Waals surface area contributed by atoms with Crippen LogP contribution in [0.5, 0.6) is 11.5 Å². The molecule has 2 N–H and O–H groups in total. The number of carbonyl (C=O) groups is 2. The quantitative estimate of drug-likeness (QED) is 0.213. The largest absolute Gasteiger partial charge is 0.496 e. The third-order valence-corrected chi connectivity index (χ3v) is 4.92. The second-order valence-electron chi connectivity index (χ2n) is 7.41. The lowest BCUT2D eigenvalue weighted by Crippen LogP contribution is -2.32. The lowest BCUT2D eigenvalue weighted by molar-refractivity contribution is -0.385. The maximum absolute atomic E-state index is 12.0. The van der Waals surface area contributed by atoms with Gasteiger partial charge in [0.2, 0.25) is 0 Å². The number of rotatable bonds is 8. The monoisotopic (exact) mass is 487 g/mol. The van der Waals surface area contributed by atoms with Gasteiger partial charge in [-0.25, -0.2) is 5.43 Å². The van der Waals surface area contributed by atoms with E-state index >= 15 is 0 Å². The van der Waals surface area contributed by atoms with Gasteiger partial charge in [0.1, 0.15) is 18.1 Å². The molecule has 0 aliphatic carbocycles. The predicted molar refractivity (Wildman–Crippen MR) is 131 cm³/mol. The zero-order chi connectivity index (χ0) is 26.1. The molecule has 3 rings (SSSR count). The number of nitrogens with one attached hydrogen (secondary N) is 2. The minimum Gasteiger partial charge on any atom is -0.496 e. The SMILES string of the molecule is COc1ccc(/C=N/NC(=O)C(=O)Nc2ccc(C#N)cc2)cc1COc1ccc([N+](=O)[O-])c(C)c1. The highest BCUT2D eigenvalue weighted by Crippen LogP contribution is 2.26. The molecule has 3 aromatic carbocycles. The Labute approximate surface area is 206 Å². The van der Waals surface area contributed by atoms with Gasteiger partial charge in [-0.3, -0.25) is 19.7 Å². The Hall–Kier alpha value is -5.24. The molecule has 11 heteroatoms. The third kappa shape index (κ3) is 6.64. The van der Waals surface area contributed by atoms with E-state index in [0.29, 0.717) is 39.4 Å². The zero-order valence-corrected chi connectivity index (χ0v) is 19.3. The van der Waals surface area contributed by atoms with Crippen LogP contribution < -0.4 is 20.2 Å². The molecule has 0 saturated heterocycles. The van der Waals surface area contributed by atoms with Crippen molar-refractivity contribution in [1.82, 2.24) is 5.43 Å². The van der Waals surface area contributed by atoms with E-state index in [1.165, 1.54) is 49.7 Å². The summed E-state index contributed by atoms with van der Waals surface area (Å²) >= 11 is 0. The standard InChI is InChI=1S/C25H21N5O6/c1-16-11-21(8-9-22(16)30(33)34)36-15-19-12-18(5-10-23(19)35-2)14-27-29-25(32)24(31)28-20-6-3-17(13-26)4-7-20/h3-12,14H,15H2,1-2H3,(H,28,31)(H,29,32)/b27-14+. The fraction of sp³-hybridized carbons (Fsp3) is 0.120. The Balaban J connectivity index is 1.61. The van der Waals surface area contributed by atoms with E-state index in [9.17, 15) is 19.7 Å². The van der Waals surface area contributed by atoms with Crippen molar-refractivity contribution in [3.05, 3.63) is 93.0 Å². The maximum atomic E-state index is 12.0. The van der Waals surface area contributed by atoms with E-state index in [4.69, 9.17) is 14.7 Å². The van der Waals surface area contributed by atoms with Gasteiger partial charge < -0.3 is 14.8 Å². The van der Waals surface area contributed by atoms with Crippen molar-refractivity contribution in [3.63, 3.8) is 0 Å². The van der Waals surface area contributed by atoms with Crippen LogP contribution in [0.3, 0.4) is 0 Å². The summed E-state index contributed by atoms with van der Waals surface area (Å²) in [5, 5.41) is 26.0. The molecule has 3 aromatic rings. The van der Waals surface area contributed by atoms with Crippen molar-refractivity contribution in [2.45, 2.75) is 13.5 Å². The maximum Gasteiger partial charge on any atom is 0.329 e. The highest BCUT2D eigenvalue weighted by molar-refractivity contribution is 6.39. The van der Waals surface area contributed by atoms with Crippen molar-refractivity contribution in [3.8, 4) is 17.6 Å². The summed E-state index contributed by atoms with van der Waals surface area (Å²) in [6.45, 7) is 1.74. The van der Waals surface area contributed by atoms with Crippen LogP contribution in [0.15, 0.2) is 65.8 Å². The van der Waals surface area contributed by atoms with Crippen molar-refractivity contribution < 1.29 is 24.0 Å². The van der Waals surface area contributed by atoms with E-state index in [1.54, 1.807) is 31.2 Å². The highest BCUT2D eigenvalue weighted by atomic mass is 16.6. The lowest BCUT2D eigenvalue weighted by Gasteiger charge is -2.11. The molecule has 0 atom stereocenters. The molecule has 0 spiro atoms. The summed E-state index contributed by atoms with van der Waals surface area (Å²) in [7, 11) is 1.51. The summed E-state index contributed by atoms with van der Waals surface area (Å²) in [6.07, 6.45) is 1.35. The normalized spacial score (nSPS) is 10.4. The number of nitrogens with zero attached hydrogens (tertiary/aromatic N) is 3. The first-order chi connectivity index (χ1) is 17.3. The molecule has 0 aliphatic rings. The average molecular weight is 487 g/mol. The Morgan fingerprint density at radius 3 is 2.50 bits per heavy atom. The predicted octanol–water partition coefficient (Wildman–Crippen LogP) is 3.45. The molecule has 0 aliphatic heterocycles. The molecule has 0 aromatic heterocycles. The number of methoxy groups -OCH3 is 1. The van der Waals surface area contributed by atoms with Crippen molar-refractivity contribution in [1.29, 1.82) is 5.26 Å². The molecular weight excluding hydrogens is 466 g/mol. The van der Waals surface area contributed by atoms with Gasteiger partial charge in [0.05, 0.1) is 29.9 Å². The van der Waals surface area contributed by atoms with Crippen LogP contribution in [-0.4, -0.2) is 30.1 Å². The minimum atomic E-state index is -0.971. The molecule has 0 heterocycles. The topological polar surface area (TPSA) is 156 Å². The van der Waals surface area contributed by atoms with Gasteiger partial charge in [-0.1, -0.05) is 0 Å². The number of nitro groups is 1. The van der Waals surface area contributed by atoms with Crippen LogP contribution >= 0.6 is 0 Å². The van der Waals surface area contributed by atoms with Crippen molar-refractivity contribution >= 4 is 29.4 Å². The van der Waals surface area contributed by atoms with E-state index in [0.717, 1.165) is 0 Å². The van der Waals surface area contributed by atoms with Gasteiger partial charge in [0.25, 0.3) is 5.69 Å². The number of hydrogen-bond acceptors (Lipinski definition) is 8. The molecule has 2 amide bonds. The van der Waals surface area contributed by atoms with Gasteiger partial charge in [-0.05, 0) is 67.1 Å². The van der Waals surface area contributed by atoms with E-state index < -0.39 is 16.7 Å². The molecule has 36 heavy (non-hydrogen) atoms. The van der Waals surface area contributed by atoms with Gasteiger partial charge in [-0.2, -0.15) is 10.4 Å².